The summed E-state index contributed by atoms with van der Waals surface area (Å²) >= 11 is 5.19. The van der Waals surface area contributed by atoms with Crippen molar-refractivity contribution in [3.05, 3.63) is 102 Å². The zero-order valence-corrected chi connectivity index (χ0v) is 16.3. The Kier molecular flexibility index (Phi) is 6.86. The molecule has 3 aromatic rings. The Bertz CT molecular complexity index is 1030. The highest BCUT2D eigenvalue weighted by molar-refractivity contribution is 7.80. The van der Waals surface area contributed by atoms with Gasteiger partial charge in [0.15, 0.2) is 5.11 Å². The van der Waals surface area contributed by atoms with Crippen LogP contribution in [-0.2, 0) is 4.79 Å². The van der Waals surface area contributed by atoms with E-state index in [1.54, 1.807) is 54.6 Å². The maximum absolute atomic E-state index is 12.3. The van der Waals surface area contributed by atoms with Crippen LogP contribution in [0.3, 0.4) is 0 Å². The summed E-state index contributed by atoms with van der Waals surface area (Å²) in [6.45, 7) is 0. The quantitative estimate of drug-likeness (QED) is 0.436. The van der Waals surface area contributed by atoms with Crippen LogP contribution in [0.25, 0.3) is 6.08 Å². The number of thiocarbonyl (C=S) groups is 1. The van der Waals surface area contributed by atoms with Gasteiger partial charge in [0.05, 0.1) is 0 Å². The SMILES string of the molecule is O=C(C=Cc1ccccc1)NC(=S)Nc1cccc(NC(=O)c2ccccc2)c1. The van der Waals surface area contributed by atoms with Crippen molar-refractivity contribution in [1.82, 2.24) is 5.32 Å². The lowest BCUT2D eigenvalue weighted by Gasteiger charge is -2.10. The van der Waals surface area contributed by atoms with E-state index >= 15 is 0 Å². The van der Waals surface area contributed by atoms with E-state index in [0.29, 0.717) is 16.9 Å². The average Bonchev–Trinajstić information content (AvgIpc) is 2.74. The van der Waals surface area contributed by atoms with Gasteiger partial charge >= 0.3 is 0 Å². The Morgan fingerprint density at radius 1 is 0.759 bits per heavy atom. The van der Waals surface area contributed by atoms with Crippen LogP contribution in [0, 0.1) is 0 Å². The van der Waals surface area contributed by atoms with Crippen LogP contribution in [0.1, 0.15) is 15.9 Å². The number of carbonyl (C=O) groups is 2. The van der Waals surface area contributed by atoms with Crippen molar-refractivity contribution >= 4 is 46.6 Å². The van der Waals surface area contributed by atoms with Crippen LogP contribution >= 0.6 is 12.2 Å². The third-order valence-corrected chi connectivity index (χ3v) is 4.08. The van der Waals surface area contributed by atoms with Crippen molar-refractivity contribution in [2.24, 2.45) is 0 Å². The molecule has 3 N–H and O–H groups in total. The molecule has 29 heavy (non-hydrogen) atoms. The van der Waals surface area contributed by atoms with Crippen molar-refractivity contribution in [3.63, 3.8) is 0 Å². The second-order valence-corrected chi connectivity index (χ2v) is 6.50. The second-order valence-electron chi connectivity index (χ2n) is 6.09. The molecule has 0 heterocycles. The van der Waals surface area contributed by atoms with Gasteiger partial charge in [0.25, 0.3) is 5.91 Å². The predicted octanol–water partition coefficient (Wildman–Crippen LogP) is 4.47. The minimum absolute atomic E-state index is 0.166. The molecule has 0 bridgehead atoms. The maximum atomic E-state index is 12.3. The predicted molar refractivity (Wildman–Crippen MR) is 121 cm³/mol. The summed E-state index contributed by atoms with van der Waals surface area (Å²) in [5.41, 5.74) is 2.75. The summed E-state index contributed by atoms with van der Waals surface area (Å²) in [5.74, 6) is -0.537. The average molecular weight is 401 g/mol. The van der Waals surface area contributed by atoms with Gasteiger partial charge in [0.1, 0.15) is 0 Å². The Morgan fingerprint density at radius 2 is 1.38 bits per heavy atom. The zero-order chi connectivity index (χ0) is 20.5. The van der Waals surface area contributed by atoms with Crippen molar-refractivity contribution in [2.75, 3.05) is 10.6 Å². The number of hydrogen-bond acceptors (Lipinski definition) is 3. The van der Waals surface area contributed by atoms with Crippen LogP contribution in [0.5, 0.6) is 0 Å². The van der Waals surface area contributed by atoms with Crippen LogP contribution in [0.2, 0.25) is 0 Å². The van der Waals surface area contributed by atoms with Crippen LogP contribution in [0.4, 0.5) is 11.4 Å². The lowest BCUT2D eigenvalue weighted by atomic mass is 10.2. The fourth-order valence-electron chi connectivity index (χ4n) is 2.52. The molecule has 0 aliphatic heterocycles. The molecule has 0 aliphatic rings. The third kappa shape index (κ3) is 6.41. The summed E-state index contributed by atoms with van der Waals surface area (Å²) < 4.78 is 0. The molecule has 0 saturated heterocycles. The molecule has 0 saturated carbocycles. The van der Waals surface area contributed by atoms with E-state index < -0.39 is 0 Å². The number of hydrogen-bond donors (Lipinski definition) is 3. The van der Waals surface area contributed by atoms with Gasteiger partial charge in [0.2, 0.25) is 5.91 Å². The van der Waals surface area contributed by atoms with E-state index in [2.05, 4.69) is 16.0 Å². The lowest BCUT2D eigenvalue weighted by molar-refractivity contribution is -0.115. The molecule has 6 heteroatoms. The molecule has 0 radical (unpaired) electrons. The Hall–Kier alpha value is -3.77. The third-order valence-electron chi connectivity index (χ3n) is 3.88. The molecule has 2 amide bonds. The van der Waals surface area contributed by atoms with Crippen LogP contribution < -0.4 is 16.0 Å². The molecular formula is C23H19N3O2S. The molecule has 0 atom stereocenters. The molecule has 3 rings (SSSR count). The van der Waals surface area contributed by atoms with Gasteiger partial charge in [-0.05, 0) is 54.2 Å². The normalized spacial score (nSPS) is 10.3. The molecular weight excluding hydrogens is 382 g/mol. The van der Waals surface area contributed by atoms with Crippen molar-refractivity contribution < 1.29 is 9.59 Å². The first-order valence-corrected chi connectivity index (χ1v) is 9.32. The summed E-state index contributed by atoms with van der Waals surface area (Å²) in [6.07, 6.45) is 3.12. The van der Waals surface area contributed by atoms with Crippen molar-refractivity contribution in [1.29, 1.82) is 0 Å². The molecule has 5 nitrogen and oxygen atoms in total. The minimum Gasteiger partial charge on any atom is -0.332 e. The fourth-order valence-corrected chi connectivity index (χ4v) is 2.74. The van der Waals surface area contributed by atoms with E-state index in [0.717, 1.165) is 5.56 Å². The van der Waals surface area contributed by atoms with E-state index in [-0.39, 0.29) is 16.9 Å². The van der Waals surface area contributed by atoms with Gasteiger partial charge < -0.3 is 10.6 Å². The number of rotatable bonds is 5. The first-order chi connectivity index (χ1) is 14.1. The molecule has 0 unspecified atom stereocenters. The summed E-state index contributed by atoms with van der Waals surface area (Å²) in [7, 11) is 0. The fraction of sp³-hybridized carbons (Fsp3) is 0. The van der Waals surface area contributed by atoms with Gasteiger partial charge in [-0.3, -0.25) is 14.9 Å². The van der Waals surface area contributed by atoms with Crippen LogP contribution in [0.15, 0.2) is 91.0 Å². The van der Waals surface area contributed by atoms with E-state index in [9.17, 15) is 9.59 Å². The van der Waals surface area contributed by atoms with Gasteiger partial charge in [0, 0.05) is 23.0 Å². The molecule has 0 spiro atoms. The first kappa shape index (κ1) is 20.0. The summed E-state index contributed by atoms with van der Waals surface area (Å²) in [6, 6.07) is 25.5. The second kappa shape index (κ2) is 9.96. The number of nitrogens with one attached hydrogen (secondary N) is 3. The number of amides is 2. The maximum Gasteiger partial charge on any atom is 0.255 e. The van der Waals surface area contributed by atoms with Gasteiger partial charge in [-0.25, -0.2) is 0 Å². The molecule has 0 aliphatic carbocycles. The first-order valence-electron chi connectivity index (χ1n) is 8.92. The van der Waals surface area contributed by atoms with E-state index in [4.69, 9.17) is 12.2 Å². The number of carbonyl (C=O) groups excluding carboxylic acids is 2. The van der Waals surface area contributed by atoms with Gasteiger partial charge in [-0.1, -0.05) is 54.6 Å². The highest BCUT2D eigenvalue weighted by Gasteiger charge is 2.06. The van der Waals surface area contributed by atoms with E-state index in [1.807, 2.05) is 36.4 Å². The lowest BCUT2D eigenvalue weighted by Crippen LogP contribution is -2.32. The standard InChI is InChI=1S/C23H19N3O2S/c27-21(15-14-17-8-3-1-4-9-17)26-23(29)25-20-13-7-12-19(16-20)24-22(28)18-10-5-2-6-11-18/h1-16H,(H,24,28)(H2,25,26,27,29). The Labute approximate surface area is 174 Å². The highest BCUT2D eigenvalue weighted by Crippen LogP contribution is 2.16. The van der Waals surface area contributed by atoms with Gasteiger partial charge in [-0.15, -0.1) is 0 Å². The smallest absolute Gasteiger partial charge is 0.255 e. The molecule has 0 fully saturated rings. The number of anilines is 2. The van der Waals surface area contributed by atoms with Gasteiger partial charge in [-0.2, -0.15) is 0 Å². The van der Waals surface area contributed by atoms with E-state index in [1.165, 1.54) is 6.08 Å². The summed E-state index contributed by atoms with van der Waals surface area (Å²) in [4.78, 5) is 24.3. The minimum atomic E-state index is -0.333. The summed E-state index contributed by atoms with van der Waals surface area (Å²) in [5, 5.41) is 8.53. The number of benzene rings is 3. The molecule has 144 valence electrons. The Balaban J connectivity index is 1.55. The largest absolute Gasteiger partial charge is 0.332 e. The van der Waals surface area contributed by atoms with Crippen molar-refractivity contribution in [3.8, 4) is 0 Å². The molecule has 0 aromatic heterocycles. The van der Waals surface area contributed by atoms with Crippen molar-refractivity contribution in [2.45, 2.75) is 0 Å². The molecule has 3 aromatic carbocycles. The van der Waals surface area contributed by atoms with Crippen LogP contribution in [-0.4, -0.2) is 16.9 Å². The monoisotopic (exact) mass is 401 g/mol. The zero-order valence-electron chi connectivity index (χ0n) is 15.5. The Morgan fingerprint density at radius 3 is 2.07 bits per heavy atom. The topological polar surface area (TPSA) is 70.2 Å². The highest BCUT2D eigenvalue weighted by atomic mass is 32.1.